The Labute approximate surface area is 123 Å². The number of nitrogens with one attached hydrogen (secondary N) is 2. The van der Waals surface area contributed by atoms with Crippen LogP contribution in [0.1, 0.15) is 44.5 Å². The predicted molar refractivity (Wildman–Crippen MR) is 76.8 cm³/mol. The molecule has 0 spiro atoms. The van der Waals surface area contributed by atoms with E-state index in [9.17, 15) is 14.4 Å². The summed E-state index contributed by atoms with van der Waals surface area (Å²) in [6.45, 7) is 3.39. The van der Waals surface area contributed by atoms with Gasteiger partial charge in [0.25, 0.3) is 11.5 Å². The number of aromatic amines is 1. The molecule has 7 nitrogen and oxygen atoms in total. The highest BCUT2D eigenvalue weighted by Gasteiger charge is 2.18. The van der Waals surface area contributed by atoms with Crippen molar-refractivity contribution in [3.63, 3.8) is 0 Å². The minimum atomic E-state index is -1.12. The van der Waals surface area contributed by atoms with E-state index < -0.39 is 23.5 Å². The standard InChI is InChI=1S/C13H13N3O4S/c1-6-3-4-8(10(17)14-6)11(18)15-7(2)12-16-9(5-21-12)13(19)20/h3-5,7H,1-2H3,(H,14,17)(H,15,18)(H,19,20). The summed E-state index contributed by atoms with van der Waals surface area (Å²) in [6.07, 6.45) is 0. The first-order chi connectivity index (χ1) is 9.88. The number of nitrogens with zero attached hydrogens (tertiary/aromatic N) is 1. The van der Waals surface area contributed by atoms with Gasteiger partial charge < -0.3 is 15.4 Å². The van der Waals surface area contributed by atoms with Crippen LogP contribution in [0.2, 0.25) is 0 Å². The van der Waals surface area contributed by atoms with Crippen molar-refractivity contribution in [3.05, 3.63) is 49.8 Å². The van der Waals surface area contributed by atoms with Gasteiger partial charge in [-0.1, -0.05) is 0 Å². The van der Waals surface area contributed by atoms with Crippen LogP contribution < -0.4 is 10.9 Å². The molecule has 0 radical (unpaired) electrons. The zero-order valence-corrected chi connectivity index (χ0v) is 12.2. The van der Waals surface area contributed by atoms with Crippen molar-refractivity contribution in [2.24, 2.45) is 0 Å². The highest BCUT2D eigenvalue weighted by Crippen LogP contribution is 2.18. The lowest BCUT2D eigenvalue weighted by Crippen LogP contribution is -2.31. The van der Waals surface area contributed by atoms with Crippen molar-refractivity contribution in [1.29, 1.82) is 0 Å². The summed E-state index contributed by atoms with van der Waals surface area (Å²) in [7, 11) is 0. The molecule has 1 atom stereocenters. The first-order valence-electron chi connectivity index (χ1n) is 6.08. The number of aryl methyl sites for hydroxylation is 1. The van der Waals surface area contributed by atoms with Crippen LogP contribution in [0.4, 0.5) is 0 Å². The summed E-state index contributed by atoms with van der Waals surface area (Å²) in [6, 6.07) is 2.59. The smallest absolute Gasteiger partial charge is 0.355 e. The van der Waals surface area contributed by atoms with E-state index in [0.717, 1.165) is 11.3 Å². The van der Waals surface area contributed by atoms with Gasteiger partial charge in [-0.3, -0.25) is 9.59 Å². The molecule has 1 unspecified atom stereocenters. The Morgan fingerprint density at radius 2 is 2.14 bits per heavy atom. The number of H-pyrrole nitrogens is 1. The highest BCUT2D eigenvalue weighted by molar-refractivity contribution is 7.09. The largest absolute Gasteiger partial charge is 0.476 e. The summed E-state index contributed by atoms with van der Waals surface area (Å²) >= 11 is 1.14. The third kappa shape index (κ3) is 3.34. The maximum absolute atomic E-state index is 12.0. The second-order valence-corrected chi connectivity index (χ2v) is 5.35. The summed E-state index contributed by atoms with van der Waals surface area (Å²) in [4.78, 5) is 40.9. The van der Waals surface area contributed by atoms with Crippen LogP contribution in [0.25, 0.3) is 0 Å². The number of carboxylic acid groups (broad SMARTS) is 1. The van der Waals surface area contributed by atoms with Crippen molar-refractivity contribution < 1.29 is 14.7 Å². The molecule has 0 saturated carbocycles. The predicted octanol–water partition coefficient (Wildman–Crippen LogP) is 1.33. The molecule has 110 valence electrons. The van der Waals surface area contributed by atoms with Crippen LogP contribution in [-0.4, -0.2) is 27.0 Å². The van der Waals surface area contributed by atoms with Crippen LogP contribution in [-0.2, 0) is 0 Å². The molecule has 3 N–H and O–H groups in total. The zero-order valence-electron chi connectivity index (χ0n) is 11.3. The van der Waals surface area contributed by atoms with E-state index in [1.165, 1.54) is 11.4 Å². The Hall–Kier alpha value is -2.48. The van der Waals surface area contributed by atoms with E-state index in [2.05, 4.69) is 15.3 Å². The van der Waals surface area contributed by atoms with Gasteiger partial charge >= 0.3 is 5.97 Å². The minimum Gasteiger partial charge on any atom is -0.476 e. The number of hydrogen-bond donors (Lipinski definition) is 3. The van der Waals surface area contributed by atoms with Crippen LogP contribution in [0.3, 0.4) is 0 Å². The van der Waals surface area contributed by atoms with E-state index in [1.807, 2.05) is 0 Å². The second-order valence-electron chi connectivity index (χ2n) is 4.46. The molecule has 0 aliphatic heterocycles. The van der Waals surface area contributed by atoms with Gasteiger partial charge in [-0.25, -0.2) is 9.78 Å². The molecular weight excluding hydrogens is 294 g/mol. The lowest BCUT2D eigenvalue weighted by atomic mass is 10.2. The molecule has 2 aromatic heterocycles. The number of carbonyl (C=O) groups excluding carboxylic acids is 1. The number of aromatic nitrogens is 2. The molecule has 21 heavy (non-hydrogen) atoms. The number of amides is 1. The van der Waals surface area contributed by atoms with Gasteiger partial charge in [0.05, 0.1) is 6.04 Å². The van der Waals surface area contributed by atoms with Gasteiger partial charge in [0.15, 0.2) is 5.69 Å². The quantitative estimate of drug-likeness (QED) is 0.789. The van der Waals surface area contributed by atoms with E-state index in [-0.39, 0.29) is 11.3 Å². The molecule has 2 aromatic rings. The summed E-state index contributed by atoms with van der Waals surface area (Å²) in [5.74, 6) is -1.65. The van der Waals surface area contributed by atoms with E-state index >= 15 is 0 Å². The first kappa shape index (κ1) is 14.9. The molecule has 2 heterocycles. The molecule has 0 bridgehead atoms. The van der Waals surface area contributed by atoms with Crippen molar-refractivity contribution >= 4 is 23.2 Å². The summed E-state index contributed by atoms with van der Waals surface area (Å²) < 4.78 is 0. The van der Waals surface area contributed by atoms with Crippen molar-refractivity contribution in [2.45, 2.75) is 19.9 Å². The van der Waals surface area contributed by atoms with Crippen LogP contribution in [0, 0.1) is 6.92 Å². The monoisotopic (exact) mass is 307 g/mol. The van der Waals surface area contributed by atoms with Crippen LogP contribution >= 0.6 is 11.3 Å². The lowest BCUT2D eigenvalue weighted by Gasteiger charge is -2.10. The third-order valence-electron chi connectivity index (χ3n) is 2.76. The fourth-order valence-electron chi connectivity index (χ4n) is 1.67. The van der Waals surface area contributed by atoms with Crippen molar-refractivity contribution in [1.82, 2.24) is 15.3 Å². The maximum atomic E-state index is 12.0. The maximum Gasteiger partial charge on any atom is 0.355 e. The Kier molecular flexibility index (Phi) is 4.18. The number of pyridine rings is 1. The molecular formula is C13H13N3O4S. The molecule has 0 aromatic carbocycles. The SMILES string of the molecule is Cc1ccc(C(=O)NC(C)c2nc(C(=O)O)cs2)c(=O)[nH]1. The molecule has 0 saturated heterocycles. The van der Waals surface area contributed by atoms with Crippen molar-refractivity contribution in [2.75, 3.05) is 0 Å². The van der Waals surface area contributed by atoms with Crippen LogP contribution in [0.15, 0.2) is 22.3 Å². The van der Waals surface area contributed by atoms with Gasteiger partial charge in [-0.05, 0) is 26.0 Å². The van der Waals surface area contributed by atoms with Gasteiger partial charge in [0.2, 0.25) is 0 Å². The first-order valence-corrected chi connectivity index (χ1v) is 6.96. The molecule has 1 amide bonds. The highest BCUT2D eigenvalue weighted by atomic mass is 32.1. The number of rotatable bonds is 4. The van der Waals surface area contributed by atoms with E-state index in [0.29, 0.717) is 10.7 Å². The topological polar surface area (TPSA) is 112 Å². The molecule has 0 fully saturated rings. The molecule has 2 rings (SSSR count). The number of thiazole rings is 1. The number of aromatic carboxylic acids is 1. The summed E-state index contributed by atoms with van der Waals surface area (Å²) in [5, 5.41) is 13.3. The fraction of sp³-hybridized carbons (Fsp3) is 0.231. The number of carbonyl (C=O) groups is 2. The van der Waals surface area contributed by atoms with Crippen molar-refractivity contribution in [3.8, 4) is 0 Å². The average Bonchev–Trinajstić information content (AvgIpc) is 2.88. The van der Waals surface area contributed by atoms with Gasteiger partial charge in [-0.2, -0.15) is 0 Å². The van der Waals surface area contributed by atoms with Crippen LogP contribution in [0.5, 0.6) is 0 Å². The fourth-order valence-corrected chi connectivity index (χ4v) is 2.47. The van der Waals surface area contributed by atoms with E-state index in [1.54, 1.807) is 19.9 Å². The van der Waals surface area contributed by atoms with Gasteiger partial charge in [0, 0.05) is 11.1 Å². The molecule has 0 aliphatic carbocycles. The normalized spacial score (nSPS) is 11.9. The number of carboxylic acids is 1. The average molecular weight is 307 g/mol. The Morgan fingerprint density at radius 1 is 1.43 bits per heavy atom. The zero-order chi connectivity index (χ0) is 15.6. The third-order valence-corrected chi connectivity index (χ3v) is 3.79. The minimum absolute atomic E-state index is 0.00228. The molecule has 0 aliphatic rings. The van der Waals surface area contributed by atoms with Gasteiger partial charge in [0.1, 0.15) is 10.6 Å². The Balaban J connectivity index is 2.14. The van der Waals surface area contributed by atoms with Gasteiger partial charge in [-0.15, -0.1) is 11.3 Å². The number of hydrogen-bond acceptors (Lipinski definition) is 5. The Bertz CT molecular complexity index is 750. The summed E-state index contributed by atoms with van der Waals surface area (Å²) in [5.41, 5.74) is 0.132. The Morgan fingerprint density at radius 3 is 2.71 bits per heavy atom. The second kappa shape index (κ2) is 5.88. The molecule has 8 heteroatoms. The van der Waals surface area contributed by atoms with E-state index in [4.69, 9.17) is 5.11 Å². The lowest BCUT2D eigenvalue weighted by molar-refractivity contribution is 0.0691.